The summed E-state index contributed by atoms with van der Waals surface area (Å²) in [6.45, 7) is 22.8. The summed E-state index contributed by atoms with van der Waals surface area (Å²) in [5, 5.41) is 9.56. The molecule has 1 aromatic heterocycles. The molecular formula is C23H39N3O3Si2. The van der Waals surface area contributed by atoms with Crippen LogP contribution in [0.25, 0.3) is 0 Å². The van der Waals surface area contributed by atoms with E-state index in [1.165, 1.54) is 0 Å². The molecule has 0 saturated carbocycles. The van der Waals surface area contributed by atoms with E-state index in [4.69, 9.17) is 20.0 Å². The van der Waals surface area contributed by atoms with E-state index in [9.17, 15) is 5.26 Å². The summed E-state index contributed by atoms with van der Waals surface area (Å²) >= 11 is 0. The second-order valence-electron chi connectivity index (χ2n) is 11.5. The highest BCUT2D eigenvalue weighted by molar-refractivity contribution is 6.74. The minimum Gasteiger partial charge on any atom is -0.414 e. The second kappa shape index (κ2) is 8.84. The van der Waals surface area contributed by atoms with E-state index in [1.807, 2.05) is 0 Å². The number of nitriles is 1. The molecule has 0 unspecified atom stereocenters. The molecular weight excluding hydrogens is 422 g/mol. The summed E-state index contributed by atoms with van der Waals surface area (Å²) in [6.07, 6.45) is 7.31. The van der Waals surface area contributed by atoms with Crippen LogP contribution in [0.2, 0.25) is 36.3 Å². The summed E-state index contributed by atoms with van der Waals surface area (Å²) in [5.41, 5.74) is 0.667. The first-order chi connectivity index (χ1) is 14.0. The van der Waals surface area contributed by atoms with Crippen molar-refractivity contribution in [3.8, 4) is 18.4 Å². The van der Waals surface area contributed by atoms with Gasteiger partial charge in [0.05, 0.1) is 25.1 Å². The second-order valence-corrected chi connectivity index (χ2v) is 21.0. The summed E-state index contributed by atoms with van der Waals surface area (Å²) in [4.78, 5) is 4.18. The predicted octanol–water partition coefficient (Wildman–Crippen LogP) is 5.44. The quantitative estimate of drug-likeness (QED) is 0.417. The molecule has 31 heavy (non-hydrogen) atoms. The Morgan fingerprint density at radius 1 is 1.16 bits per heavy atom. The zero-order valence-electron chi connectivity index (χ0n) is 20.9. The van der Waals surface area contributed by atoms with Crippen LogP contribution in [0.1, 0.15) is 65.6 Å². The first-order valence-corrected chi connectivity index (χ1v) is 16.8. The Kier molecular flexibility index (Phi) is 7.37. The number of nitrogens with zero attached hydrogens (tertiary/aromatic N) is 3. The molecule has 0 bridgehead atoms. The number of hydrogen-bond acceptors (Lipinski definition) is 5. The van der Waals surface area contributed by atoms with E-state index in [0.29, 0.717) is 12.3 Å². The van der Waals surface area contributed by atoms with Gasteiger partial charge in [0.15, 0.2) is 28.6 Å². The van der Waals surface area contributed by atoms with E-state index >= 15 is 0 Å². The standard InChI is InChI=1S/C23H39N3O3Si2/c1-12-19-18(14-24)25-16-26(19)21-20(29-31(10,11)23(5,6)7)13-17(28-21)15-27-30(8,9)22(2,3)4/h1,16-17,20-21H,13,15H2,2-11H3/t17-,20+,21+/m0/s1. The lowest BCUT2D eigenvalue weighted by atomic mass is 10.2. The lowest BCUT2D eigenvalue weighted by molar-refractivity contribution is -0.0466. The number of aromatic nitrogens is 2. The van der Waals surface area contributed by atoms with Gasteiger partial charge in [0.2, 0.25) is 0 Å². The Hall–Kier alpha value is -1.43. The maximum atomic E-state index is 9.36. The van der Waals surface area contributed by atoms with Crippen LogP contribution in [0, 0.1) is 23.7 Å². The van der Waals surface area contributed by atoms with Crippen molar-refractivity contribution >= 4 is 16.6 Å². The molecule has 1 aliphatic heterocycles. The highest BCUT2D eigenvalue weighted by atomic mass is 28.4. The Balaban J connectivity index is 2.31. The topological polar surface area (TPSA) is 69.3 Å². The van der Waals surface area contributed by atoms with Crippen LogP contribution in [0.3, 0.4) is 0 Å². The Labute approximate surface area is 190 Å². The predicted molar refractivity (Wildman–Crippen MR) is 129 cm³/mol. The highest BCUT2D eigenvalue weighted by Crippen LogP contribution is 2.43. The average Bonchev–Trinajstić information content (AvgIpc) is 3.20. The van der Waals surface area contributed by atoms with Gasteiger partial charge in [-0.3, -0.25) is 4.57 Å². The van der Waals surface area contributed by atoms with Crippen LogP contribution >= 0.6 is 0 Å². The van der Waals surface area contributed by atoms with Crippen LogP contribution in [0.15, 0.2) is 6.33 Å². The zero-order valence-corrected chi connectivity index (χ0v) is 22.9. The van der Waals surface area contributed by atoms with Crippen LogP contribution < -0.4 is 0 Å². The molecule has 1 aliphatic rings. The Morgan fingerprint density at radius 3 is 2.23 bits per heavy atom. The van der Waals surface area contributed by atoms with Gasteiger partial charge in [-0.1, -0.05) is 41.5 Å². The molecule has 3 atom stereocenters. The van der Waals surface area contributed by atoms with E-state index in [0.717, 1.165) is 6.42 Å². The number of terminal acetylenes is 1. The first-order valence-electron chi connectivity index (χ1n) is 10.9. The molecule has 1 fully saturated rings. The van der Waals surface area contributed by atoms with E-state index in [2.05, 4.69) is 84.7 Å². The van der Waals surface area contributed by atoms with Gasteiger partial charge in [-0.25, -0.2) is 4.98 Å². The normalized spacial score (nSPS) is 22.9. The van der Waals surface area contributed by atoms with Crippen molar-refractivity contribution in [1.29, 1.82) is 5.26 Å². The molecule has 2 rings (SSSR count). The first kappa shape index (κ1) is 25.8. The smallest absolute Gasteiger partial charge is 0.192 e. The maximum Gasteiger partial charge on any atom is 0.192 e. The van der Waals surface area contributed by atoms with Gasteiger partial charge in [0.25, 0.3) is 0 Å². The fraction of sp³-hybridized carbons (Fsp3) is 0.739. The summed E-state index contributed by atoms with van der Waals surface area (Å²) in [7, 11) is -3.95. The van der Waals surface area contributed by atoms with Crippen LogP contribution in [-0.4, -0.2) is 45.0 Å². The summed E-state index contributed by atoms with van der Waals surface area (Å²) in [5.74, 6) is 2.61. The Morgan fingerprint density at radius 2 is 1.74 bits per heavy atom. The van der Waals surface area contributed by atoms with Crippen molar-refractivity contribution < 1.29 is 13.6 Å². The molecule has 0 aliphatic carbocycles. The van der Waals surface area contributed by atoms with E-state index in [1.54, 1.807) is 10.9 Å². The van der Waals surface area contributed by atoms with Gasteiger partial charge in [0, 0.05) is 6.42 Å². The largest absolute Gasteiger partial charge is 0.414 e. The molecule has 0 aromatic carbocycles. The molecule has 8 heteroatoms. The lowest BCUT2D eigenvalue weighted by Gasteiger charge is -2.39. The zero-order chi connectivity index (χ0) is 23.8. The number of imidazole rings is 1. The van der Waals surface area contributed by atoms with Gasteiger partial charge < -0.3 is 13.6 Å². The molecule has 0 amide bonds. The monoisotopic (exact) mass is 461 g/mol. The molecule has 172 valence electrons. The molecule has 0 radical (unpaired) electrons. The molecule has 1 aromatic rings. The van der Waals surface area contributed by atoms with E-state index < -0.39 is 22.9 Å². The maximum absolute atomic E-state index is 9.36. The van der Waals surface area contributed by atoms with Crippen molar-refractivity contribution in [3.63, 3.8) is 0 Å². The molecule has 1 saturated heterocycles. The number of ether oxygens (including phenoxy) is 1. The van der Waals surface area contributed by atoms with Crippen molar-refractivity contribution in [2.45, 2.75) is 103 Å². The summed E-state index contributed by atoms with van der Waals surface area (Å²) in [6, 6.07) is 2.07. The van der Waals surface area contributed by atoms with Crippen LogP contribution in [0.5, 0.6) is 0 Å². The van der Waals surface area contributed by atoms with Crippen molar-refractivity contribution in [2.24, 2.45) is 0 Å². The fourth-order valence-electron chi connectivity index (χ4n) is 3.03. The third-order valence-electron chi connectivity index (χ3n) is 7.14. The van der Waals surface area contributed by atoms with Gasteiger partial charge >= 0.3 is 0 Å². The number of rotatable bonds is 6. The van der Waals surface area contributed by atoms with Gasteiger partial charge in [0.1, 0.15) is 11.8 Å². The SMILES string of the molecule is C#Cc1c(C#N)ncn1[C@@H]1O[C@H](CO[Si](C)(C)C(C)(C)C)C[C@H]1O[Si](C)(C)C(C)(C)C. The highest BCUT2D eigenvalue weighted by Gasteiger charge is 2.46. The minimum absolute atomic E-state index is 0.0645. The summed E-state index contributed by atoms with van der Waals surface area (Å²) < 4.78 is 21.4. The molecule has 0 N–H and O–H groups in total. The molecule has 2 heterocycles. The van der Waals surface area contributed by atoms with Crippen LogP contribution in [0.4, 0.5) is 0 Å². The van der Waals surface area contributed by atoms with Gasteiger partial charge in [-0.05, 0) is 42.2 Å². The van der Waals surface area contributed by atoms with Gasteiger partial charge in [-0.2, -0.15) is 5.26 Å². The third-order valence-corrected chi connectivity index (χ3v) is 16.1. The van der Waals surface area contributed by atoms with Crippen molar-refractivity contribution in [3.05, 3.63) is 17.7 Å². The Bertz CT molecular complexity index is 867. The number of hydrogen-bond donors (Lipinski definition) is 0. The minimum atomic E-state index is -2.06. The van der Waals surface area contributed by atoms with E-state index in [-0.39, 0.29) is 28.0 Å². The van der Waals surface area contributed by atoms with Crippen LogP contribution in [-0.2, 0) is 13.6 Å². The van der Waals surface area contributed by atoms with Crippen molar-refractivity contribution in [1.82, 2.24) is 9.55 Å². The molecule has 0 spiro atoms. The third kappa shape index (κ3) is 5.50. The lowest BCUT2D eigenvalue weighted by Crippen LogP contribution is -2.45. The van der Waals surface area contributed by atoms with Crippen molar-refractivity contribution in [2.75, 3.05) is 6.61 Å². The average molecular weight is 462 g/mol. The molecule has 6 nitrogen and oxygen atoms in total. The fourth-order valence-corrected chi connectivity index (χ4v) is 5.38. The van der Waals surface area contributed by atoms with Gasteiger partial charge in [-0.15, -0.1) is 6.42 Å².